The molecule has 1 unspecified atom stereocenters. The van der Waals surface area contributed by atoms with E-state index in [-0.39, 0.29) is 0 Å². The van der Waals surface area contributed by atoms with E-state index in [9.17, 15) is 0 Å². The molecule has 0 N–H and O–H groups in total. The van der Waals surface area contributed by atoms with Gasteiger partial charge in [-0.1, -0.05) is 20.3 Å². The molecule has 1 fully saturated rings. The van der Waals surface area contributed by atoms with Crippen molar-refractivity contribution in [3.8, 4) is 0 Å². The fourth-order valence-electron chi connectivity index (χ4n) is 1.91. The van der Waals surface area contributed by atoms with Crippen LogP contribution in [0.3, 0.4) is 0 Å². The first-order valence-electron chi connectivity index (χ1n) is 5.44. The van der Waals surface area contributed by atoms with Crippen molar-refractivity contribution >= 4 is 0 Å². The second-order valence-corrected chi connectivity index (χ2v) is 4.56. The van der Waals surface area contributed by atoms with Crippen LogP contribution in [-0.4, -0.2) is 24.0 Å². The van der Waals surface area contributed by atoms with Crippen LogP contribution in [0.4, 0.5) is 0 Å². The van der Waals surface area contributed by atoms with Gasteiger partial charge in [0, 0.05) is 6.04 Å². The predicted octanol–water partition coefficient (Wildman–Crippen LogP) is 2.91. The Bertz CT molecular complexity index is 120. The summed E-state index contributed by atoms with van der Waals surface area (Å²) in [5, 5.41) is 0. The van der Waals surface area contributed by atoms with Gasteiger partial charge in [0.15, 0.2) is 0 Å². The van der Waals surface area contributed by atoms with Gasteiger partial charge in [-0.3, -0.25) is 0 Å². The molecule has 1 heteroatoms. The summed E-state index contributed by atoms with van der Waals surface area (Å²) in [6.45, 7) is 9.66. The molecule has 0 amide bonds. The van der Waals surface area contributed by atoms with Gasteiger partial charge in [-0.05, 0) is 45.2 Å². The molecule has 12 heavy (non-hydrogen) atoms. The molecule has 72 valence electrons. The molecule has 1 heterocycles. The van der Waals surface area contributed by atoms with E-state index in [1.54, 1.807) is 0 Å². The van der Waals surface area contributed by atoms with E-state index >= 15 is 0 Å². The third-order valence-electron chi connectivity index (χ3n) is 2.93. The normalized spacial score (nSPS) is 26.5. The van der Waals surface area contributed by atoms with E-state index in [0.29, 0.717) is 0 Å². The van der Waals surface area contributed by atoms with Crippen LogP contribution in [0.25, 0.3) is 0 Å². The Morgan fingerprint density at radius 1 is 1.33 bits per heavy atom. The number of nitrogens with zero attached hydrogens (tertiary/aromatic N) is 1. The van der Waals surface area contributed by atoms with Crippen molar-refractivity contribution in [3.05, 3.63) is 0 Å². The average molecular weight is 169 g/mol. The Kier molecular flexibility index (Phi) is 4.07. The maximum Gasteiger partial charge on any atom is 0.00669 e. The van der Waals surface area contributed by atoms with E-state index in [1.807, 2.05) is 0 Å². The van der Waals surface area contributed by atoms with E-state index in [2.05, 4.69) is 25.7 Å². The van der Waals surface area contributed by atoms with Crippen LogP contribution in [0.15, 0.2) is 0 Å². The molecule has 0 bridgehead atoms. The lowest BCUT2D eigenvalue weighted by molar-refractivity contribution is 0.153. The summed E-state index contributed by atoms with van der Waals surface area (Å²) in [4.78, 5) is 2.66. The van der Waals surface area contributed by atoms with Gasteiger partial charge in [-0.25, -0.2) is 0 Å². The van der Waals surface area contributed by atoms with Gasteiger partial charge < -0.3 is 4.90 Å². The summed E-state index contributed by atoms with van der Waals surface area (Å²) < 4.78 is 0. The van der Waals surface area contributed by atoms with Gasteiger partial charge in [0.1, 0.15) is 0 Å². The molecule has 0 aromatic heterocycles. The zero-order chi connectivity index (χ0) is 8.97. The Hall–Kier alpha value is -0.0400. The summed E-state index contributed by atoms with van der Waals surface area (Å²) in [5.41, 5.74) is 0. The standard InChI is InChI=1S/C11H23N/c1-10(2)7-9-12-8-5-4-6-11(12)3/h10-11H,4-9H2,1-3H3. The fourth-order valence-corrected chi connectivity index (χ4v) is 1.91. The quantitative estimate of drug-likeness (QED) is 0.628. The SMILES string of the molecule is CC(C)CCN1CCCCC1C. The van der Waals surface area contributed by atoms with E-state index in [1.165, 1.54) is 38.8 Å². The summed E-state index contributed by atoms with van der Waals surface area (Å²) >= 11 is 0. The molecular weight excluding hydrogens is 146 g/mol. The van der Waals surface area contributed by atoms with Gasteiger partial charge in [0.05, 0.1) is 0 Å². The minimum absolute atomic E-state index is 0.845. The summed E-state index contributed by atoms with van der Waals surface area (Å²) in [6.07, 6.45) is 5.64. The van der Waals surface area contributed by atoms with Crippen LogP contribution < -0.4 is 0 Å². The minimum Gasteiger partial charge on any atom is -0.301 e. The van der Waals surface area contributed by atoms with Crippen LogP contribution in [0, 0.1) is 5.92 Å². The number of piperidine rings is 1. The highest BCUT2D eigenvalue weighted by molar-refractivity contribution is 4.72. The first kappa shape index (κ1) is 10.0. The molecule has 0 spiro atoms. The predicted molar refractivity (Wildman–Crippen MR) is 54.3 cm³/mol. The number of hydrogen-bond donors (Lipinski definition) is 0. The molecule has 0 aromatic carbocycles. The zero-order valence-corrected chi connectivity index (χ0v) is 8.84. The van der Waals surface area contributed by atoms with Gasteiger partial charge in [0.2, 0.25) is 0 Å². The lowest BCUT2D eigenvalue weighted by atomic mass is 10.0. The zero-order valence-electron chi connectivity index (χ0n) is 8.84. The van der Waals surface area contributed by atoms with Crippen molar-refractivity contribution in [2.75, 3.05) is 13.1 Å². The second-order valence-electron chi connectivity index (χ2n) is 4.56. The van der Waals surface area contributed by atoms with Crippen molar-refractivity contribution in [1.29, 1.82) is 0 Å². The van der Waals surface area contributed by atoms with Crippen molar-refractivity contribution in [2.24, 2.45) is 5.92 Å². The lowest BCUT2D eigenvalue weighted by Gasteiger charge is -2.33. The van der Waals surface area contributed by atoms with Gasteiger partial charge in [-0.2, -0.15) is 0 Å². The number of hydrogen-bond acceptors (Lipinski definition) is 1. The van der Waals surface area contributed by atoms with E-state index < -0.39 is 0 Å². The third-order valence-corrected chi connectivity index (χ3v) is 2.93. The molecule has 1 aliphatic rings. The molecule has 1 aliphatic heterocycles. The van der Waals surface area contributed by atoms with Gasteiger partial charge >= 0.3 is 0 Å². The van der Waals surface area contributed by atoms with Crippen LogP contribution in [-0.2, 0) is 0 Å². The molecule has 0 radical (unpaired) electrons. The Balaban J connectivity index is 2.20. The van der Waals surface area contributed by atoms with Crippen LogP contribution in [0.1, 0.15) is 46.5 Å². The van der Waals surface area contributed by atoms with Gasteiger partial charge in [-0.15, -0.1) is 0 Å². The van der Waals surface area contributed by atoms with Crippen molar-refractivity contribution in [1.82, 2.24) is 4.90 Å². The van der Waals surface area contributed by atoms with Crippen LogP contribution in [0.5, 0.6) is 0 Å². The van der Waals surface area contributed by atoms with Crippen LogP contribution >= 0.6 is 0 Å². The molecule has 0 aliphatic carbocycles. The van der Waals surface area contributed by atoms with Crippen molar-refractivity contribution < 1.29 is 0 Å². The molecule has 1 rings (SSSR count). The highest BCUT2D eigenvalue weighted by Gasteiger charge is 2.17. The first-order valence-corrected chi connectivity index (χ1v) is 5.44. The molecular formula is C11H23N. The van der Waals surface area contributed by atoms with E-state index in [0.717, 1.165) is 12.0 Å². The minimum atomic E-state index is 0.845. The first-order chi connectivity index (χ1) is 5.70. The largest absolute Gasteiger partial charge is 0.301 e. The smallest absolute Gasteiger partial charge is 0.00669 e. The number of likely N-dealkylation sites (tertiary alicyclic amines) is 1. The van der Waals surface area contributed by atoms with E-state index in [4.69, 9.17) is 0 Å². The number of rotatable bonds is 3. The lowest BCUT2D eigenvalue weighted by Crippen LogP contribution is -2.38. The summed E-state index contributed by atoms with van der Waals surface area (Å²) in [7, 11) is 0. The molecule has 1 saturated heterocycles. The second kappa shape index (κ2) is 4.86. The topological polar surface area (TPSA) is 3.24 Å². The third kappa shape index (κ3) is 3.14. The Morgan fingerprint density at radius 3 is 2.67 bits per heavy atom. The van der Waals surface area contributed by atoms with Crippen molar-refractivity contribution in [3.63, 3.8) is 0 Å². The summed E-state index contributed by atoms with van der Waals surface area (Å²) in [6, 6.07) is 0.845. The molecule has 0 saturated carbocycles. The monoisotopic (exact) mass is 169 g/mol. The molecule has 1 nitrogen and oxygen atoms in total. The van der Waals surface area contributed by atoms with Crippen molar-refractivity contribution in [2.45, 2.75) is 52.5 Å². The maximum atomic E-state index is 2.66. The molecule has 0 aromatic rings. The molecule has 1 atom stereocenters. The average Bonchev–Trinajstić information content (AvgIpc) is 2.03. The fraction of sp³-hybridized carbons (Fsp3) is 1.00. The van der Waals surface area contributed by atoms with Crippen LogP contribution in [0.2, 0.25) is 0 Å². The maximum absolute atomic E-state index is 2.66. The summed E-state index contributed by atoms with van der Waals surface area (Å²) in [5.74, 6) is 0.860. The Morgan fingerprint density at radius 2 is 2.08 bits per heavy atom. The highest BCUT2D eigenvalue weighted by Crippen LogP contribution is 2.17. The van der Waals surface area contributed by atoms with Gasteiger partial charge in [0.25, 0.3) is 0 Å². The Labute approximate surface area is 77.1 Å². The highest BCUT2D eigenvalue weighted by atomic mass is 15.1.